The van der Waals surface area contributed by atoms with E-state index in [1.165, 1.54) is 12.1 Å². The van der Waals surface area contributed by atoms with Gasteiger partial charge in [-0.3, -0.25) is 4.79 Å². The van der Waals surface area contributed by atoms with Gasteiger partial charge in [0.1, 0.15) is 5.82 Å². The number of hydrogen-bond acceptors (Lipinski definition) is 2. The van der Waals surface area contributed by atoms with Crippen LogP contribution in [0.15, 0.2) is 67.3 Å². The maximum atomic E-state index is 14.3. The molecule has 1 heterocycles. The van der Waals surface area contributed by atoms with Crippen molar-refractivity contribution in [2.45, 2.75) is 12.7 Å². The van der Waals surface area contributed by atoms with Crippen molar-refractivity contribution < 1.29 is 13.6 Å². The first-order valence-corrected chi connectivity index (χ1v) is 7.37. The summed E-state index contributed by atoms with van der Waals surface area (Å²) in [4.78, 5) is 16.1. The van der Waals surface area contributed by atoms with E-state index in [1.807, 2.05) is 16.7 Å². The molecular weight excluding hydrogens is 312 g/mol. The maximum Gasteiger partial charge on any atom is 0.263 e. The molecule has 3 rings (SSSR count). The number of carbonyl (C=O) groups excluding carboxylic acids is 1. The molecule has 0 radical (unpaired) electrons. The lowest BCUT2D eigenvalue weighted by atomic mass is 10.1. The standard InChI is InChI=1S/C18H15F2N3O/c19-15-7-5-13(6-8-15)17(20)18(24)22-16-4-2-1-3-14(16)11-23-10-9-21-12-23/h1-10,12,17H,11H2,(H,22,24). The Kier molecular flexibility index (Phi) is 4.65. The van der Waals surface area contributed by atoms with Crippen LogP contribution in [0.4, 0.5) is 14.5 Å². The van der Waals surface area contributed by atoms with E-state index in [9.17, 15) is 13.6 Å². The molecule has 4 nitrogen and oxygen atoms in total. The summed E-state index contributed by atoms with van der Waals surface area (Å²) in [5, 5.41) is 2.59. The molecule has 24 heavy (non-hydrogen) atoms. The molecule has 122 valence electrons. The van der Waals surface area contributed by atoms with E-state index >= 15 is 0 Å². The Morgan fingerprint density at radius 2 is 1.92 bits per heavy atom. The third kappa shape index (κ3) is 3.65. The lowest BCUT2D eigenvalue weighted by Crippen LogP contribution is -2.19. The number of aromatic nitrogens is 2. The molecule has 1 unspecified atom stereocenters. The number of carbonyl (C=O) groups is 1. The van der Waals surface area contributed by atoms with E-state index in [-0.39, 0.29) is 5.56 Å². The number of halogens is 2. The zero-order valence-corrected chi connectivity index (χ0v) is 12.7. The summed E-state index contributed by atoms with van der Waals surface area (Å²) in [5.41, 5.74) is 1.47. The number of imidazole rings is 1. The van der Waals surface area contributed by atoms with Gasteiger partial charge in [0, 0.05) is 18.1 Å². The predicted octanol–water partition coefficient (Wildman–Crippen LogP) is 3.72. The Labute approximate surface area is 137 Å². The van der Waals surface area contributed by atoms with Crippen molar-refractivity contribution in [3.8, 4) is 0 Å². The van der Waals surface area contributed by atoms with Crippen molar-refractivity contribution in [1.29, 1.82) is 0 Å². The molecule has 0 saturated carbocycles. The summed E-state index contributed by atoms with van der Waals surface area (Å²) < 4.78 is 29.1. The number of nitrogens with zero attached hydrogens (tertiary/aromatic N) is 2. The van der Waals surface area contributed by atoms with Gasteiger partial charge in [-0.1, -0.05) is 30.3 Å². The van der Waals surface area contributed by atoms with Crippen molar-refractivity contribution >= 4 is 11.6 Å². The van der Waals surface area contributed by atoms with Crippen LogP contribution in [0.2, 0.25) is 0 Å². The number of rotatable bonds is 5. The summed E-state index contributed by atoms with van der Waals surface area (Å²) >= 11 is 0. The van der Waals surface area contributed by atoms with Crippen molar-refractivity contribution in [2.24, 2.45) is 0 Å². The molecule has 1 aromatic heterocycles. The van der Waals surface area contributed by atoms with Crippen molar-refractivity contribution in [2.75, 3.05) is 5.32 Å². The van der Waals surface area contributed by atoms with Gasteiger partial charge in [0.25, 0.3) is 5.91 Å². The quantitative estimate of drug-likeness (QED) is 0.776. The molecule has 0 fully saturated rings. The fourth-order valence-electron chi connectivity index (χ4n) is 2.34. The summed E-state index contributed by atoms with van der Waals surface area (Å²) in [7, 11) is 0. The summed E-state index contributed by atoms with van der Waals surface area (Å²) in [6.45, 7) is 0.504. The van der Waals surface area contributed by atoms with Gasteiger partial charge in [0.2, 0.25) is 6.17 Å². The second-order valence-electron chi connectivity index (χ2n) is 5.30. The molecule has 0 bridgehead atoms. The third-order valence-corrected chi connectivity index (χ3v) is 3.58. The number of alkyl halides is 1. The van der Waals surface area contributed by atoms with Crippen molar-refractivity contribution in [3.63, 3.8) is 0 Å². The Hall–Kier alpha value is -3.02. The first-order chi connectivity index (χ1) is 11.6. The predicted molar refractivity (Wildman–Crippen MR) is 86.6 cm³/mol. The number of anilines is 1. The number of nitrogens with one attached hydrogen (secondary N) is 1. The molecule has 0 saturated heterocycles. The van der Waals surface area contributed by atoms with Crippen LogP contribution in [0.25, 0.3) is 0 Å². The molecule has 0 aliphatic carbocycles. The molecule has 3 aromatic rings. The average Bonchev–Trinajstić information content (AvgIpc) is 3.10. The van der Waals surface area contributed by atoms with Gasteiger partial charge in [-0.05, 0) is 29.3 Å². The molecule has 1 amide bonds. The van der Waals surface area contributed by atoms with Crippen LogP contribution in [0, 0.1) is 5.82 Å². The Bertz CT molecular complexity index is 817. The second-order valence-corrected chi connectivity index (χ2v) is 5.30. The van der Waals surface area contributed by atoms with E-state index in [2.05, 4.69) is 10.3 Å². The molecule has 0 aliphatic rings. The van der Waals surface area contributed by atoms with Gasteiger partial charge in [0.15, 0.2) is 0 Å². The topological polar surface area (TPSA) is 46.9 Å². The minimum absolute atomic E-state index is 0.112. The number of benzene rings is 2. The number of hydrogen-bond donors (Lipinski definition) is 1. The van der Waals surface area contributed by atoms with E-state index in [0.717, 1.165) is 17.7 Å². The summed E-state index contributed by atoms with van der Waals surface area (Å²) in [6, 6.07) is 11.9. The fourth-order valence-corrected chi connectivity index (χ4v) is 2.34. The normalized spacial score (nSPS) is 11.9. The first kappa shape index (κ1) is 15.9. The molecule has 0 spiro atoms. The number of para-hydroxylation sites is 1. The highest BCUT2D eigenvalue weighted by atomic mass is 19.1. The second kappa shape index (κ2) is 7.04. The molecule has 1 N–H and O–H groups in total. The van der Waals surface area contributed by atoms with Gasteiger partial charge >= 0.3 is 0 Å². The lowest BCUT2D eigenvalue weighted by molar-refractivity contribution is -0.121. The fraction of sp³-hybridized carbons (Fsp3) is 0.111. The number of amides is 1. The van der Waals surface area contributed by atoms with Gasteiger partial charge in [0.05, 0.1) is 12.9 Å². The third-order valence-electron chi connectivity index (χ3n) is 3.58. The van der Waals surface area contributed by atoms with Crippen LogP contribution in [-0.2, 0) is 11.3 Å². The summed E-state index contributed by atoms with van der Waals surface area (Å²) in [6.07, 6.45) is 3.25. The highest BCUT2D eigenvalue weighted by Gasteiger charge is 2.20. The van der Waals surface area contributed by atoms with Crippen LogP contribution < -0.4 is 5.32 Å². The first-order valence-electron chi connectivity index (χ1n) is 7.37. The Morgan fingerprint density at radius 3 is 2.62 bits per heavy atom. The highest BCUT2D eigenvalue weighted by molar-refractivity contribution is 5.95. The minimum atomic E-state index is -1.87. The van der Waals surface area contributed by atoms with Crippen molar-refractivity contribution in [3.05, 3.63) is 84.2 Å². The van der Waals surface area contributed by atoms with E-state index in [1.54, 1.807) is 30.9 Å². The smallest absolute Gasteiger partial charge is 0.263 e. The minimum Gasteiger partial charge on any atom is -0.333 e. The largest absolute Gasteiger partial charge is 0.333 e. The van der Waals surface area contributed by atoms with E-state index < -0.39 is 17.9 Å². The molecule has 6 heteroatoms. The molecule has 0 aliphatic heterocycles. The van der Waals surface area contributed by atoms with Crippen molar-refractivity contribution in [1.82, 2.24) is 9.55 Å². The highest BCUT2D eigenvalue weighted by Crippen LogP contribution is 2.22. The molecule has 2 aromatic carbocycles. The monoisotopic (exact) mass is 327 g/mol. The van der Waals surface area contributed by atoms with Crippen LogP contribution in [0.1, 0.15) is 17.3 Å². The average molecular weight is 327 g/mol. The maximum absolute atomic E-state index is 14.3. The van der Waals surface area contributed by atoms with Gasteiger partial charge in [-0.2, -0.15) is 0 Å². The molecular formula is C18H15F2N3O. The summed E-state index contributed by atoms with van der Waals surface area (Å²) in [5.74, 6) is -1.27. The van der Waals surface area contributed by atoms with Gasteiger partial charge < -0.3 is 9.88 Å². The van der Waals surface area contributed by atoms with E-state index in [4.69, 9.17) is 0 Å². The zero-order valence-electron chi connectivity index (χ0n) is 12.7. The SMILES string of the molecule is O=C(Nc1ccccc1Cn1ccnc1)C(F)c1ccc(F)cc1. The zero-order chi connectivity index (χ0) is 16.9. The van der Waals surface area contributed by atoms with Gasteiger partial charge in [-0.15, -0.1) is 0 Å². The Morgan fingerprint density at radius 1 is 1.17 bits per heavy atom. The van der Waals surface area contributed by atoms with Crippen LogP contribution >= 0.6 is 0 Å². The lowest BCUT2D eigenvalue weighted by Gasteiger charge is -2.14. The van der Waals surface area contributed by atoms with Crippen LogP contribution in [0.5, 0.6) is 0 Å². The van der Waals surface area contributed by atoms with Gasteiger partial charge in [-0.25, -0.2) is 13.8 Å². The van der Waals surface area contributed by atoms with Crippen LogP contribution in [-0.4, -0.2) is 15.5 Å². The Balaban J connectivity index is 1.75. The van der Waals surface area contributed by atoms with Crippen LogP contribution in [0.3, 0.4) is 0 Å². The van der Waals surface area contributed by atoms with E-state index in [0.29, 0.717) is 12.2 Å². The molecule has 1 atom stereocenters.